The monoisotopic (exact) mass is 261 g/mol. The molecule has 0 amide bonds. The van der Waals surface area contributed by atoms with Gasteiger partial charge in [-0.15, -0.1) is 0 Å². The zero-order valence-electron chi connectivity index (χ0n) is 11.2. The van der Waals surface area contributed by atoms with E-state index in [4.69, 9.17) is 9.47 Å². The Morgan fingerprint density at radius 1 is 1.53 bits per heavy atom. The third kappa shape index (κ3) is 6.65. The second-order valence-electron chi connectivity index (χ2n) is 4.61. The summed E-state index contributed by atoms with van der Waals surface area (Å²) in [6.45, 7) is 6.12. The van der Waals surface area contributed by atoms with Gasteiger partial charge in [-0.25, -0.2) is 0 Å². The SMILES string of the molecule is CCCNC(CSCCCOC)C1CCOC1. The van der Waals surface area contributed by atoms with Gasteiger partial charge in [0.15, 0.2) is 0 Å². The van der Waals surface area contributed by atoms with Gasteiger partial charge in [-0.3, -0.25) is 0 Å². The number of ether oxygens (including phenoxy) is 2. The first-order valence-electron chi connectivity index (χ1n) is 6.76. The molecule has 1 heterocycles. The quantitative estimate of drug-likeness (QED) is 0.611. The van der Waals surface area contributed by atoms with E-state index >= 15 is 0 Å². The van der Waals surface area contributed by atoms with Gasteiger partial charge in [-0.05, 0) is 31.6 Å². The molecule has 0 bridgehead atoms. The Bertz CT molecular complexity index is 175. The topological polar surface area (TPSA) is 30.5 Å². The summed E-state index contributed by atoms with van der Waals surface area (Å²) in [5.41, 5.74) is 0. The van der Waals surface area contributed by atoms with Gasteiger partial charge in [0, 0.05) is 38.0 Å². The van der Waals surface area contributed by atoms with Crippen LogP contribution in [0.2, 0.25) is 0 Å². The molecule has 0 spiro atoms. The molecule has 1 aliphatic heterocycles. The highest BCUT2D eigenvalue weighted by molar-refractivity contribution is 7.99. The molecule has 3 nitrogen and oxygen atoms in total. The lowest BCUT2D eigenvalue weighted by molar-refractivity contribution is 0.179. The maximum absolute atomic E-state index is 5.49. The Morgan fingerprint density at radius 3 is 3.06 bits per heavy atom. The fraction of sp³-hybridized carbons (Fsp3) is 1.00. The summed E-state index contributed by atoms with van der Waals surface area (Å²) in [7, 11) is 1.77. The van der Waals surface area contributed by atoms with Crippen molar-refractivity contribution in [3.63, 3.8) is 0 Å². The third-order valence-electron chi connectivity index (χ3n) is 3.13. The molecular weight excluding hydrogens is 234 g/mol. The molecule has 4 heteroatoms. The van der Waals surface area contributed by atoms with Crippen molar-refractivity contribution >= 4 is 11.8 Å². The average Bonchev–Trinajstić information content (AvgIpc) is 2.86. The first kappa shape index (κ1) is 15.3. The van der Waals surface area contributed by atoms with Crippen LogP contribution in [-0.2, 0) is 9.47 Å². The largest absolute Gasteiger partial charge is 0.385 e. The van der Waals surface area contributed by atoms with E-state index in [2.05, 4.69) is 12.2 Å². The van der Waals surface area contributed by atoms with E-state index in [1.54, 1.807) is 7.11 Å². The van der Waals surface area contributed by atoms with E-state index in [1.165, 1.54) is 24.3 Å². The number of methoxy groups -OCH3 is 1. The minimum Gasteiger partial charge on any atom is -0.385 e. The highest BCUT2D eigenvalue weighted by Crippen LogP contribution is 2.20. The van der Waals surface area contributed by atoms with Crippen LogP contribution >= 0.6 is 11.8 Å². The van der Waals surface area contributed by atoms with Gasteiger partial charge in [0.1, 0.15) is 0 Å². The van der Waals surface area contributed by atoms with Gasteiger partial charge in [0.2, 0.25) is 0 Å². The van der Waals surface area contributed by atoms with Crippen LogP contribution in [0.15, 0.2) is 0 Å². The molecular formula is C13H27NO2S. The zero-order valence-corrected chi connectivity index (χ0v) is 12.1. The summed E-state index contributed by atoms with van der Waals surface area (Å²) in [6, 6.07) is 0.630. The maximum atomic E-state index is 5.49. The van der Waals surface area contributed by atoms with E-state index in [9.17, 15) is 0 Å². The minimum absolute atomic E-state index is 0.630. The van der Waals surface area contributed by atoms with Crippen LogP contribution in [0.3, 0.4) is 0 Å². The molecule has 1 fully saturated rings. The highest BCUT2D eigenvalue weighted by atomic mass is 32.2. The standard InChI is InChI=1S/C13H27NO2S/c1-3-6-14-13(12-5-8-16-10-12)11-17-9-4-7-15-2/h12-14H,3-11H2,1-2H3. The summed E-state index contributed by atoms with van der Waals surface area (Å²) in [5.74, 6) is 3.13. The lowest BCUT2D eigenvalue weighted by atomic mass is 10.0. The second kappa shape index (κ2) is 10.2. The second-order valence-corrected chi connectivity index (χ2v) is 5.76. The minimum atomic E-state index is 0.630. The van der Waals surface area contributed by atoms with Gasteiger partial charge in [0.25, 0.3) is 0 Å². The fourth-order valence-electron chi connectivity index (χ4n) is 2.08. The van der Waals surface area contributed by atoms with Crippen LogP contribution in [-0.4, -0.2) is 51.0 Å². The maximum Gasteiger partial charge on any atom is 0.0510 e. The molecule has 102 valence electrons. The number of thioether (sulfide) groups is 1. The summed E-state index contributed by atoms with van der Waals surface area (Å²) in [6.07, 6.45) is 3.58. The molecule has 0 aromatic rings. The Hall–Kier alpha value is 0.230. The molecule has 2 unspecified atom stereocenters. The predicted octanol–water partition coefficient (Wildman–Crippen LogP) is 2.16. The van der Waals surface area contributed by atoms with Gasteiger partial charge < -0.3 is 14.8 Å². The summed E-state index contributed by atoms with van der Waals surface area (Å²) < 4.78 is 10.6. The van der Waals surface area contributed by atoms with E-state index in [1.807, 2.05) is 11.8 Å². The number of nitrogens with one attached hydrogen (secondary N) is 1. The average molecular weight is 261 g/mol. The zero-order chi connectivity index (χ0) is 12.3. The van der Waals surface area contributed by atoms with Gasteiger partial charge >= 0.3 is 0 Å². The number of hydrogen-bond donors (Lipinski definition) is 1. The van der Waals surface area contributed by atoms with Crippen LogP contribution < -0.4 is 5.32 Å². The molecule has 0 saturated carbocycles. The van der Waals surface area contributed by atoms with E-state index < -0.39 is 0 Å². The summed E-state index contributed by atoms with van der Waals surface area (Å²) >= 11 is 2.04. The van der Waals surface area contributed by atoms with Crippen molar-refractivity contribution in [3.8, 4) is 0 Å². The molecule has 0 radical (unpaired) electrons. The Kier molecular flexibility index (Phi) is 9.16. The molecule has 2 atom stereocenters. The lowest BCUT2D eigenvalue weighted by Crippen LogP contribution is -2.39. The van der Waals surface area contributed by atoms with Crippen LogP contribution in [0.4, 0.5) is 0 Å². The van der Waals surface area contributed by atoms with Crippen molar-refractivity contribution < 1.29 is 9.47 Å². The molecule has 1 N–H and O–H groups in total. The van der Waals surface area contributed by atoms with Crippen molar-refractivity contribution in [1.29, 1.82) is 0 Å². The van der Waals surface area contributed by atoms with E-state index in [0.29, 0.717) is 6.04 Å². The van der Waals surface area contributed by atoms with Crippen molar-refractivity contribution in [2.24, 2.45) is 5.92 Å². The van der Waals surface area contributed by atoms with Gasteiger partial charge in [-0.2, -0.15) is 11.8 Å². The Morgan fingerprint density at radius 2 is 2.41 bits per heavy atom. The first-order chi connectivity index (χ1) is 8.38. The van der Waals surface area contributed by atoms with Gasteiger partial charge in [-0.1, -0.05) is 6.92 Å². The highest BCUT2D eigenvalue weighted by Gasteiger charge is 2.24. The fourth-order valence-corrected chi connectivity index (χ4v) is 3.21. The molecule has 0 aliphatic carbocycles. The summed E-state index contributed by atoms with van der Waals surface area (Å²) in [5, 5.41) is 3.67. The Labute approximate surface area is 110 Å². The predicted molar refractivity (Wildman–Crippen MR) is 74.8 cm³/mol. The van der Waals surface area contributed by atoms with Crippen molar-refractivity contribution in [1.82, 2.24) is 5.32 Å². The lowest BCUT2D eigenvalue weighted by Gasteiger charge is -2.23. The smallest absolute Gasteiger partial charge is 0.0510 e. The van der Waals surface area contributed by atoms with Crippen molar-refractivity contribution in [2.45, 2.75) is 32.2 Å². The van der Waals surface area contributed by atoms with Gasteiger partial charge in [0.05, 0.1) is 6.61 Å². The van der Waals surface area contributed by atoms with Crippen LogP contribution in [0, 0.1) is 5.92 Å². The van der Waals surface area contributed by atoms with Crippen LogP contribution in [0.25, 0.3) is 0 Å². The van der Waals surface area contributed by atoms with E-state index in [0.717, 1.165) is 38.7 Å². The molecule has 1 saturated heterocycles. The van der Waals surface area contributed by atoms with Crippen LogP contribution in [0.5, 0.6) is 0 Å². The number of rotatable bonds is 10. The van der Waals surface area contributed by atoms with Crippen molar-refractivity contribution in [3.05, 3.63) is 0 Å². The molecule has 0 aromatic heterocycles. The molecule has 1 rings (SSSR count). The first-order valence-corrected chi connectivity index (χ1v) is 7.91. The number of hydrogen-bond acceptors (Lipinski definition) is 4. The molecule has 17 heavy (non-hydrogen) atoms. The van der Waals surface area contributed by atoms with Crippen LogP contribution in [0.1, 0.15) is 26.2 Å². The summed E-state index contributed by atoms with van der Waals surface area (Å²) in [4.78, 5) is 0. The van der Waals surface area contributed by atoms with E-state index in [-0.39, 0.29) is 0 Å². The van der Waals surface area contributed by atoms with Crippen molar-refractivity contribution in [2.75, 3.05) is 45.0 Å². The Balaban J connectivity index is 2.15. The molecule has 0 aromatic carbocycles. The molecule has 1 aliphatic rings. The normalized spacial score (nSPS) is 21.9. The third-order valence-corrected chi connectivity index (χ3v) is 4.30.